The lowest BCUT2D eigenvalue weighted by molar-refractivity contribution is -0.148. The predicted octanol–water partition coefficient (Wildman–Crippen LogP) is 0.447. The van der Waals surface area contributed by atoms with Gasteiger partial charge in [-0.25, -0.2) is 4.98 Å². The Kier molecular flexibility index (Phi) is 10.6. The smallest absolute Gasteiger partial charge is 0.314 e. The van der Waals surface area contributed by atoms with Crippen molar-refractivity contribution < 1.29 is 39.2 Å². The van der Waals surface area contributed by atoms with E-state index in [-0.39, 0.29) is 29.8 Å². The van der Waals surface area contributed by atoms with Crippen LogP contribution in [0.15, 0.2) is 0 Å². The fraction of sp³-hybridized carbons (Fsp3) is 0.619. The summed E-state index contributed by atoms with van der Waals surface area (Å²) in [7, 11) is 1.51. The van der Waals surface area contributed by atoms with Crippen molar-refractivity contribution >= 4 is 35.2 Å². The highest BCUT2D eigenvalue weighted by atomic mass is 16.5. The molecule has 1 atom stereocenters. The van der Waals surface area contributed by atoms with Gasteiger partial charge in [0.15, 0.2) is 17.3 Å². The minimum Gasteiger partial charge on any atom is -0.481 e. The van der Waals surface area contributed by atoms with Crippen LogP contribution in [0.25, 0.3) is 4.85 Å². The van der Waals surface area contributed by atoms with Gasteiger partial charge in [-0.15, -0.1) is 0 Å². The molecule has 0 spiro atoms. The van der Waals surface area contributed by atoms with Gasteiger partial charge in [-0.1, -0.05) is 11.6 Å². The van der Waals surface area contributed by atoms with Crippen LogP contribution in [-0.4, -0.2) is 103 Å². The third-order valence-corrected chi connectivity index (χ3v) is 5.18. The number of carboxylic acids is 2. The highest BCUT2D eigenvalue weighted by molar-refractivity contribution is 6.01. The molecule has 1 aromatic rings. The van der Waals surface area contributed by atoms with Crippen LogP contribution in [0, 0.1) is 12.5 Å². The van der Waals surface area contributed by atoms with E-state index in [1.165, 1.54) is 7.11 Å². The lowest BCUT2D eigenvalue weighted by atomic mass is 9.97. The van der Waals surface area contributed by atoms with E-state index >= 15 is 0 Å². The zero-order chi connectivity index (χ0) is 25.1. The number of carbonyl (C=O) groups excluding carboxylic acids is 1. The Morgan fingerprint density at radius 3 is 2.47 bits per heavy atom. The molecule has 1 fully saturated rings. The number of carbonyl (C=O) groups is 3. The Balaban J connectivity index is 2.55. The molecule has 0 aliphatic carbocycles. The number of methoxy groups -OCH3 is 1. The Morgan fingerprint density at radius 2 is 1.91 bits per heavy atom. The molecule has 2 heterocycles. The van der Waals surface area contributed by atoms with Gasteiger partial charge in [-0.05, 0) is 6.42 Å². The lowest BCUT2D eigenvalue weighted by Gasteiger charge is -2.29. The minimum absolute atomic E-state index is 0.0487. The molecule has 1 aromatic heterocycles. The van der Waals surface area contributed by atoms with Gasteiger partial charge in [0.1, 0.15) is 0 Å². The van der Waals surface area contributed by atoms with Gasteiger partial charge in [0, 0.05) is 46.3 Å². The van der Waals surface area contributed by atoms with E-state index in [2.05, 4.69) is 14.8 Å². The SMILES string of the molecule is [C-]#[N+]c1nc(N2CCOCC2)c(C(=O)C[C@H](CC(=O)O)C(=O)O)nc1N(CCCO)CCOC. The van der Waals surface area contributed by atoms with Crippen molar-refractivity contribution in [2.24, 2.45) is 5.92 Å². The normalized spacial score (nSPS) is 14.3. The summed E-state index contributed by atoms with van der Waals surface area (Å²) in [5.41, 5.74) is -0.132. The number of morpholine rings is 1. The number of aromatic nitrogens is 2. The predicted molar refractivity (Wildman–Crippen MR) is 119 cm³/mol. The number of aliphatic carboxylic acids is 2. The van der Waals surface area contributed by atoms with Gasteiger partial charge < -0.3 is 39.4 Å². The summed E-state index contributed by atoms with van der Waals surface area (Å²) in [6, 6.07) is 0. The number of rotatable bonds is 14. The Labute approximate surface area is 196 Å². The first kappa shape index (κ1) is 26.9. The second-order valence-electron chi connectivity index (χ2n) is 7.57. The zero-order valence-corrected chi connectivity index (χ0v) is 19.0. The van der Waals surface area contributed by atoms with Gasteiger partial charge in [0.2, 0.25) is 0 Å². The van der Waals surface area contributed by atoms with E-state index in [1.54, 1.807) is 9.80 Å². The van der Waals surface area contributed by atoms with Crippen molar-refractivity contribution in [3.8, 4) is 0 Å². The number of carboxylic acid groups (broad SMARTS) is 2. The molecule has 0 saturated carbocycles. The molecule has 186 valence electrons. The average Bonchev–Trinajstić information content (AvgIpc) is 2.83. The second-order valence-corrected chi connectivity index (χ2v) is 7.57. The molecule has 0 radical (unpaired) electrons. The number of aliphatic hydroxyl groups excluding tert-OH is 1. The van der Waals surface area contributed by atoms with Crippen LogP contribution in [0.3, 0.4) is 0 Å². The first-order chi connectivity index (χ1) is 16.3. The number of Topliss-reactive ketones (excluding diaryl/α,β-unsaturated/α-hetero) is 1. The topological polar surface area (TPSA) is 167 Å². The summed E-state index contributed by atoms with van der Waals surface area (Å²) in [6.07, 6.45) is -0.930. The van der Waals surface area contributed by atoms with Crippen molar-refractivity contribution in [2.45, 2.75) is 19.3 Å². The third kappa shape index (κ3) is 7.34. The first-order valence-electron chi connectivity index (χ1n) is 10.8. The number of nitrogens with zero attached hydrogens (tertiary/aromatic N) is 5. The van der Waals surface area contributed by atoms with Crippen LogP contribution in [0.5, 0.6) is 0 Å². The van der Waals surface area contributed by atoms with Crippen LogP contribution in [0.2, 0.25) is 0 Å². The van der Waals surface area contributed by atoms with Crippen LogP contribution >= 0.6 is 0 Å². The van der Waals surface area contributed by atoms with E-state index < -0.39 is 36.5 Å². The summed E-state index contributed by atoms with van der Waals surface area (Å²) in [5, 5.41) is 27.7. The number of aliphatic hydroxyl groups is 1. The molecule has 1 aliphatic rings. The van der Waals surface area contributed by atoms with Gasteiger partial charge in [-0.3, -0.25) is 14.4 Å². The van der Waals surface area contributed by atoms with E-state index in [4.69, 9.17) is 21.2 Å². The molecule has 0 amide bonds. The Bertz CT molecular complexity index is 905. The van der Waals surface area contributed by atoms with Gasteiger partial charge in [0.05, 0.1) is 32.2 Å². The molecule has 1 saturated heterocycles. The first-order valence-corrected chi connectivity index (χ1v) is 10.8. The molecule has 0 unspecified atom stereocenters. The van der Waals surface area contributed by atoms with Crippen molar-refractivity contribution in [1.82, 2.24) is 9.97 Å². The lowest BCUT2D eigenvalue weighted by Crippen LogP contribution is -2.38. The second kappa shape index (κ2) is 13.4. The van der Waals surface area contributed by atoms with Crippen LogP contribution in [0.1, 0.15) is 29.8 Å². The number of ether oxygens (including phenoxy) is 2. The molecule has 13 nitrogen and oxygen atoms in total. The molecule has 0 aromatic carbocycles. The van der Waals surface area contributed by atoms with Gasteiger partial charge >= 0.3 is 17.8 Å². The van der Waals surface area contributed by atoms with Crippen molar-refractivity contribution in [1.29, 1.82) is 0 Å². The molecule has 1 aliphatic heterocycles. The molecule has 34 heavy (non-hydrogen) atoms. The monoisotopic (exact) mass is 479 g/mol. The minimum atomic E-state index is -1.44. The summed E-state index contributed by atoms with van der Waals surface area (Å²) >= 11 is 0. The quantitative estimate of drug-likeness (QED) is 0.249. The van der Waals surface area contributed by atoms with E-state index in [0.29, 0.717) is 52.4 Å². The third-order valence-electron chi connectivity index (χ3n) is 5.18. The summed E-state index contributed by atoms with van der Waals surface area (Å²) in [6.45, 7) is 9.96. The molecule has 13 heteroatoms. The number of hydrogen-bond acceptors (Lipinski definition) is 10. The van der Waals surface area contributed by atoms with E-state index in [1.807, 2.05) is 0 Å². The zero-order valence-electron chi connectivity index (χ0n) is 19.0. The summed E-state index contributed by atoms with van der Waals surface area (Å²) < 4.78 is 10.5. The summed E-state index contributed by atoms with van der Waals surface area (Å²) in [4.78, 5) is 51.6. The highest BCUT2D eigenvalue weighted by Crippen LogP contribution is 2.32. The number of hydrogen-bond donors (Lipinski definition) is 3. The van der Waals surface area contributed by atoms with Crippen LogP contribution in [-0.2, 0) is 19.1 Å². The largest absolute Gasteiger partial charge is 0.481 e. The fourth-order valence-electron chi connectivity index (χ4n) is 3.44. The highest BCUT2D eigenvalue weighted by Gasteiger charge is 2.32. The van der Waals surface area contributed by atoms with E-state index in [9.17, 15) is 24.6 Å². The summed E-state index contributed by atoms with van der Waals surface area (Å²) in [5.74, 6) is -4.66. The molecular formula is C21H29N5O8. The van der Waals surface area contributed by atoms with Crippen LogP contribution < -0.4 is 9.80 Å². The molecule has 2 rings (SSSR count). The van der Waals surface area contributed by atoms with Crippen molar-refractivity contribution in [3.63, 3.8) is 0 Å². The maximum atomic E-state index is 13.2. The van der Waals surface area contributed by atoms with Crippen LogP contribution in [0.4, 0.5) is 17.5 Å². The standard InChI is InChI=1S/C21H29N5O8/c1-22-18-20(25(4-3-8-27)5-9-33-2)23-17(19(24-18)26-6-10-34-11-7-26)15(28)12-14(21(31)32)13-16(29)30/h14,27H,3-13H2,2H3,(H,29,30)(H,31,32)/t14-/m1/s1. The maximum absolute atomic E-state index is 13.2. The van der Waals surface area contributed by atoms with Crippen molar-refractivity contribution in [3.05, 3.63) is 17.1 Å². The number of anilines is 2. The Hall–Kier alpha value is -3.34. The van der Waals surface area contributed by atoms with E-state index in [0.717, 1.165) is 0 Å². The number of ketones is 1. The fourth-order valence-corrected chi connectivity index (χ4v) is 3.44. The maximum Gasteiger partial charge on any atom is 0.314 e. The molecule has 0 bridgehead atoms. The average molecular weight is 479 g/mol. The van der Waals surface area contributed by atoms with Crippen molar-refractivity contribution in [2.75, 3.05) is 69.5 Å². The molecule has 3 N–H and O–H groups in total. The molecular weight excluding hydrogens is 450 g/mol. The Morgan fingerprint density at radius 1 is 1.21 bits per heavy atom. The van der Waals surface area contributed by atoms with Gasteiger partial charge in [-0.2, -0.15) is 0 Å². The van der Waals surface area contributed by atoms with Gasteiger partial charge in [0.25, 0.3) is 5.82 Å².